The monoisotopic (exact) mass is 403 g/mol. The largest absolute Gasteiger partial charge is 0.369 e. The van der Waals surface area contributed by atoms with E-state index in [4.69, 9.17) is 5.73 Å². The third kappa shape index (κ3) is 3.54. The Morgan fingerprint density at radius 2 is 1.67 bits per heavy atom. The number of ketones is 1. The van der Waals surface area contributed by atoms with Crippen LogP contribution in [0.3, 0.4) is 0 Å². The maximum atomic E-state index is 13.1. The fourth-order valence-corrected chi connectivity index (χ4v) is 4.98. The number of carbonyl (C=O) groups is 2. The van der Waals surface area contributed by atoms with Crippen LogP contribution < -0.4 is 10.3 Å². The third-order valence-corrected chi connectivity index (χ3v) is 6.24. The van der Waals surface area contributed by atoms with Crippen molar-refractivity contribution in [1.29, 1.82) is 0 Å². The summed E-state index contributed by atoms with van der Waals surface area (Å²) >= 11 is 0. The van der Waals surface area contributed by atoms with Crippen molar-refractivity contribution >= 4 is 11.7 Å². The number of hydrogen-bond donors (Lipinski definition) is 1. The molecule has 1 aliphatic rings. The summed E-state index contributed by atoms with van der Waals surface area (Å²) in [5, 5.41) is 4.47. The number of Topliss-reactive ketones (excluding diaryl/α,β-unsaturated/α-hetero) is 1. The second-order valence-electron chi connectivity index (χ2n) is 8.17. The molecule has 3 aromatic rings. The highest BCUT2D eigenvalue weighted by molar-refractivity contribution is 5.91. The summed E-state index contributed by atoms with van der Waals surface area (Å²) in [6.45, 7) is 1.88. The maximum Gasteiger partial charge on any atom is 0.265 e. The minimum Gasteiger partial charge on any atom is -0.369 e. The van der Waals surface area contributed by atoms with Crippen LogP contribution in [-0.4, -0.2) is 21.5 Å². The van der Waals surface area contributed by atoms with E-state index in [0.717, 1.165) is 30.4 Å². The van der Waals surface area contributed by atoms with E-state index >= 15 is 0 Å². The van der Waals surface area contributed by atoms with E-state index in [1.807, 2.05) is 71.7 Å². The van der Waals surface area contributed by atoms with Crippen molar-refractivity contribution in [2.75, 3.05) is 0 Å². The van der Waals surface area contributed by atoms with E-state index in [0.29, 0.717) is 6.54 Å². The first-order valence-electron chi connectivity index (χ1n) is 10.4. The van der Waals surface area contributed by atoms with Gasteiger partial charge in [-0.05, 0) is 43.2 Å². The van der Waals surface area contributed by atoms with Crippen LogP contribution in [0.15, 0.2) is 73.3 Å². The Hall–Kier alpha value is -3.28. The summed E-state index contributed by atoms with van der Waals surface area (Å²) in [6.07, 6.45) is 6.12. The lowest BCUT2D eigenvalue weighted by Crippen LogP contribution is -2.47. The quantitative estimate of drug-likeness (QED) is 0.616. The van der Waals surface area contributed by atoms with E-state index in [9.17, 15) is 9.59 Å². The van der Waals surface area contributed by atoms with Crippen LogP contribution in [0.1, 0.15) is 43.4 Å². The molecular weight excluding hydrogens is 376 g/mol. The van der Waals surface area contributed by atoms with Gasteiger partial charge >= 0.3 is 0 Å². The van der Waals surface area contributed by atoms with Gasteiger partial charge in [-0.2, -0.15) is 0 Å². The van der Waals surface area contributed by atoms with E-state index in [2.05, 4.69) is 5.10 Å². The number of carbonyl (C=O) groups excluding carboxylic acids is 2. The van der Waals surface area contributed by atoms with Crippen molar-refractivity contribution in [3.8, 4) is 0 Å². The molecule has 0 bridgehead atoms. The standard InChI is InChI=1S/C24H26N4O2/c1-18(29)15-27-16-26-28(17-27)22-13-12-21(14-22)24(23(25)30,19-8-4-2-5-9-19)20-10-6-3-7-11-20/h2-11,16-17,21-22H,12-15H2,1H3,(H-,25,30)/p+1/t21-,22+/m0/s1. The zero-order chi connectivity index (χ0) is 21.1. The van der Waals surface area contributed by atoms with Gasteiger partial charge in [-0.15, -0.1) is 4.68 Å². The van der Waals surface area contributed by atoms with Crippen LogP contribution in [0.5, 0.6) is 0 Å². The summed E-state index contributed by atoms with van der Waals surface area (Å²) in [4.78, 5) is 24.5. The van der Waals surface area contributed by atoms with E-state index in [1.165, 1.54) is 0 Å². The topological polar surface area (TPSA) is 81.9 Å². The van der Waals surface area contributed by atoms with Gasteiger partial charge in [0.05, 0.1) is 0 Å². The SMILES string of the molecule is CC(=O)C[n+]1cnn([C@@H]2CC[C@H](C(C(N)=O)(c3ccccc3)c3ccccc3)C2)c1. The minimum absolute atomic E-state index is 0.0512. The molecule has 2 aromatic carbocycles. The Balaban J connectivity index is 1.71. The van der Waals surface area contributed by atoms with Gasteiger partial charge in [-0.1, -0.05) is 60.7 Å². The summed E-state index contributed by atoms with van der Waals surface area (Å²) in [5.41, 5.74) is 7.13. The Kier molecular flexibility index (Phi) is 5.48. The Labute approximate surface area is 176 Å². The van der Waals surface area contributed by atoms with Gasteiger partial charge in [-0.3, -0.25) is 9.59 Å². The van der Waals surface area contributed by atoms with Crippen molar-refractivity contribution < 1.29 is 14.2 Å². The van der Waals surface area contributed by atoms with Crippen LogP contribution in [-0.2, 0) is 21.5 Å². The number of benzene rings is 2. The molecule has 1 fully saturated rings. The molecular formula is C24H27N4O2+. The van der Waals surface area contributed by atoms with Gasteiger partial charge in [0.2, 0.25) is 12.2 Å². The van der Waals surface area contributed by atoms with Crippen LogP contribution in [0.4, 0.5) is 0 Å². The molecule has 2 atom stereocenters. The van der Waals surface area contributed by atoms with Crippen LogP contribution in [0.25, 0.3) is 0 Å². The number of rotatable bonds is 7. The van der Waals surface area contributed by atoms with E-state index < -0.39 is 5.41 Å². The lowest BCUT2D eigenvalue weighted by molar-refractivity contribution is -0.685. The predicted molar refractivity (Wildman–Crippen MR) is 112 cm³/mol. The second-order valence-corrected chi connectivity index (χ2v) is 8.17. The van der Waals surface area contributed by atoms with Crippen LogP contribution in [0.2, 0.25) is 0 Å². The van der Waals surface area contributed by atoms with Gasteiger partial charge < -0.3 is 5.73 Å². The van der Waals surface area contributed by atoms with Crippen LogP contribution in [0, 0.1) is 5.92 Å². The predicted octanol–water partition coefficient (Wildman–Crippen LogP) is 2.57. The molecule has 1 heterocycles. The Morgan fingerprint density at radius 1 is 1.07 bits per heavy atom. The summed E-state index contributed by atoms with van der Waals surface area (Å²) in [7, 11) is 0. The van der Waals surface area contributed by atoms with Gasteiger partial charge in [0, 0.05) is 5.10 Å². The van der Waals surface area contributed by atoms with Crippen LogP contribution >= 0.6 is 0 Å². The summed E-state index contributed by atoms with van der Waals surface area (Å²) in [6, 6.07) is 19.9. The molecule has 0 saturated heterocycles. The molecule has 0 unspecified atom stereocenters. The van der Waals surface area contributed by atoms with Gasteiger partial charge in [0.15, 0.2) is 5.78 Å². The lowest BCUT2D eigenvalue weighted by Gasteiger charge is -2.37. The molecule has 4 rings (SSSR count). The fraction of sp³-hybridized carbons (Fsp3) is 0.333. The molecule has 6 heteroatoms. The van der Waals surface area contributed by atoms with Gasteiger partial charge in [0.1, 0.15) is 18.0 Å². The Morgan fingerprint density at radius 3 is 2.20 bits per heavy atom. The molecule has 154 valence electrons. The van der Waals surface area contributed by atoms with Crippen molar-refractivity contribution in [2.24, 2.45) is 11.7 Å². The molecule has 6 nitrogen and oxygen atoms in total. The third-order valence-electron chi connectivity index (χ3n) is 6.24. The number of aromatic nitrogens is 3. The second kappa shape index (κ2) is 8.22. The number of amides is 1. The minimum atomic E-state index is -0.889. The number of hydrogen-bond acceptors (Lipinski definition) is 3. The smallest absolute Gasteiger partial charge is 0.265 e. The van der Waals surface area contributed by atoms with Crippen molar-refractivity contribution in [3.05, 3.63) is 84.4 Å². The highest BCUT2D eigenvalue weighted by Gasteiger charge is 2.51. The molecule has 1 saturated carbocycles. The first-order chi connectivity index (χ1) is 14.5. The first kappa shape index (κ1) is 20.0. The fourth-order valence-electron chi connectivity index (χ4n) is 4.98. The molecule has 1 aromatic heterocycles. The Bertz CT molecular complexity index is 990. The summed E-state index contributed by atoms with van der Waals surface area (Å²) < 4.78 is 3.72. The van der Waals surface area contributed by atoms with E-state index in [-0.39, 0.29) is 23.7 Å². The number of primary amides is 1. The maximum absolute atomic E-state index is 13.1. The average Bonchev–Trinajstić information content (AvgIpc) is 3.40. The zero-order valence-electron chi connectivity index (χ0n) is 17.1. The highest BCUT2D eigenvalue weighted by atomic mass is 16.1. The van der Waals surface area contributed by atoms with Crippen molar-refractivity contribution in [3.63, 3.8) is 0 Å². The molecule has 0 radical (unpaired) electrons. The number of nitrogens with two attached hydrogens (primary N) is 1. The van der Waals surface area contributed by atoms with E-state index in [1.54, 1.807) is 17.8 Å². The average molecular weight is 404 g/mol. The van der Waals surface area contributed by atoms with Gasteiger partial charge in [-0.25, -0.2) is 4.57 Å². The number of nitrogens with zero attached hydrogens (tertiary/aromatic N) is 3. The highest BCUT2D eigenvalue weighted by Crippen LogP contribution is 2.49. The normalized spacial score (nSPS) is 19.0. The van der Waals surface area contributed by atoms with Crippen molar-refractivity contribution in [2.45, 2.75) is 44.2 Å². The molecule has 1 amide bonds. The lowest BCUT2D eigenvalue weighted by atomic mass is 9.64. The molecule has 2 N–H and O–H groups in total. The van der Waals surface area contributed by atoms with Crippen molar-refractivity contribution in [1.82, 2.24) is 9.78 Å². The molecule has 0 aliphatic heterocycles. The molecule has 1 aliphatic carbocycles. The van der Waals surface area contributed by atoms with Gasteiger partial charge in [0.25, 0.3) is 6.33 Å². The molecule has 0 spiro atoms. The first-order valence-corrected chi connectivity index (χ1v) is 10.4. The zero-order valence-corrected chi connectivity index (χ0v) is 17.1. The molecule has 30 heavy (non-hydrogen) atoms. The summed E-state index contributed by atoms with van der Waals surface area (Å²) in [5.74, 6) is -0.183.